The van der Waals surface area contributed by atoms with Crippen molar-refractivity contribution in [2.75, 3.05) is 42.7 Å². The number of carbonyl (C=O) groups is 2. The highest BCUT2D eigenvalue weighted by molar-refractivity contribution is 5.97. The Morgan fingerprint density at radius 1 is 1.19 bits per heavy atom. The first kappa shape index (κ1) is 21.8. The summed E-state index contributed by atoms with van der Waals surface area (Å²) < 4.78 is 14.9. The molecule has 0 atom stereocenters. The number of anilines is 4. The van der Waals surface area contributed by atoms with E-state index in [9.17, 15) is 14.0 Å². The molecule has 1 saturated carbocycles. The van der Waals surface area contributed by atoms with Crippen LogP contribution in [-0.4, -0.2) is 59.9 Å². The zero-order valence-electron chi connectivity index (χ0n) is 18.3. The molecule has 1 aliphatic carbocycles. The van der Waals surface area contributed by atoms with Gasteiger partial charge in [-0.1, -0.05) is 0 Å². The van der Waals surface area contributed by atoms with Crippen molar-refractivity contribution in [3.05, 3.63) is 35.8 Å². The van der Waals surface area contributed by atoms with Crippen LogP contribution in [0, 0.1) is 11.7 Å². The molecule has 9 nitrogen and oxygen atoms in total. The fraction of sp³-hybridized carbons (Fsp3) is 0.455. The molecule has 1 saturated heterocycles. The van der Waals surface area contributed by atoms with Gasteiger partial charge in [0.2, 0.25) is 11.9 Å². The lowest BCUT2D eigenvalue weighted by Crippen LogP contribution is -2.40. The van der Waals surface area contributed by atoms with E-state index >= 15 is 0 Å². The van der Waals surface area contributed by atoms with Gasteiger partial charge >= 0.3 is 0 Å². The summed E-state index contributed by atoms with van der Waals surface area (Å²) in [6.45, 7) is 1.25. The number of piperidine rings is 1. The van der Waals surface area contributed by atoms with E-state index in [1.54, 1.807) is 31.1 Å². The fourth-order valence-electron chi connectivity index (χ4n) is 3.86. The van der Waals surface area contributed by atoms with Crippen molar-refractivity contribution in [2.45, 2.75) is 31.7 Å². The van der Waals surface area contributed by atoms with Crippen LogP contribution in [0.15, 0.2) is 24.4 Å². The van der Waals surface area contributed by atoms with E-state index in [0.717, 1.165) is 12.8 Å². The minimum atomic E-state index is -0.605. The van der Waals surface area contributed by atoms with E-state index < -0.39 is 5.91 Å². The third-order valence-electron chi connectivity index (χ3n) is 5.80. The molecule has 32 heavy (non-hydrogen) atoms. The molecule has 4 N–H and O–H groups in total. The Bertz CT molecular complexity index is 1020. The predicted molar refractivity (Wildman–Crippen MR) is 121 cm³/mol. The van der Waals surface area contributed by atoms with Crippen molar-refractivity contribution in [2.24, 2.45) is 11.7 Å². The number of nitrogens with zero attached hydrogens (tertiary/aromatic N) is 4. The zero-order valence-corrected chi connectivity index (χ0v) is 18.3. The number of halogens is 1. The number of hydrogen-bond acceptors (Lipinski definition) is 7. The minimum absolute atomic E-state index is 0.00998. The highest BCUT2D eigenvalue weighted by Gasteiger charge is 2.27. The smallest absolute Gasteiger partial charge is 0.254 e. The van der Waals surface area contributed by atoms with Crippen LogP contribution in [0.4, 0.5) is 27.5 Å². The maximum Gasteiger partial charge on any atom is 0.254 e. The second-order valence-electron chi connectivity index (χ2n) is 8.52. The molecule has 2 aliphatic rings. The molecular formula is C22H28FN7O2. The van der Waals surface area contributed by atoms with Crippen molar-refractivity contribution in [3.63, 3.8) is 0 Å². The second-order valence-corrected chi connectivity index (χ2v) is 8.52. The van der Waals surface area contributed by atoms with Crippen molar-refractivity contribution in [3.8, 4) is 0 Å². The van der Waals surface area contributed by atoms with E-state index in [0.29, 0.717) is 43.1 Å². The van der Waals surface area contributed by atoms with Gasteiger partial charge in [0, 0.05) is 51.0 Å². The van der Waals surface area contributed by atoms with Gasteiger partial charge in [-0.05, 0) is 43.9 Å². The maximum absolute atomic E-state index is 14.9. The van der Waals surface area contributed by atoms with Crippen LogP contribution >= 0.6 is 0 Å². The molecule has 4 rings (SSSR count). The van der Waals surface area contributed by atoms with Gasteiger partial charge < -0.3 is 26.2 Å². The Morgan fingerprint density at radius 3 is 2.50 bits per heavy atom. The zero-order chi connectivity index (χ0) is 22.8. The van der Waals surface area contributed by atoms with Gasteiger partial charge in [-0.15, -0.1) is 0 Å². The second kappa shape index (κ2) is 8.97. The number of primary amides is 1. The van der Waals surface area contributed by atoms with E-state index in [2.05, 4.69) is 20.6 Å². The molecule has 10 heteroatoms. The third-order valence-corrected chi connectivity index (χ3v) is 5.80. The molecular weight excluding hydrogens is 413 g/mol. The van der Waals surface area contributed by atoms with Gasteiger partial charge in [0.15, 0.2) is 0 Å². The number of nitrogens with two attached hydrogens (primary N) is 1. The SMILES string of the molecule is CN(C)C(=O)C1CCN(c2ccc(Nc3ncc(C(N)=O)c(NC4CC4)n3)cc2F)CC1. The van der Waals surface area contributed by atoms with Gasteiger partial charge in [0.25, 0.3) is 5.91 Å². The van der Waals surface area contributed by atoms with Gasteiger partial charge in [0.05, 0.1) is 11.3 Å². The molecule has 2 aromatic rings. The Morgan fingerprint density at radius 2 is 1.91 bits per heavy atom. The van der Waals surface area contributed by atoms with Gasteiger partial charge in [0.1, 0.15) is 11.6 Å². The quantitative estimate of drug-likeness (QED) is 0.604. The average molecular weight is 442 g/mol. The number of carbonyl (C=O) groups excluding carboxylic acids is 2. The molecule has 2 heterocycles. The standard InChI is InChI=1S/C22H28FN7O2/c1-29(2)21(32)13-7-9-30(10-8-13)18-6-5-15(11-17(18)23)27-22-25-12-16(19(24)31)20(28-22)26-14-3-4-14/h5-6,11-14H,3-4,7-10H2,1-2H3,(H2,24,31)(H2,25,26,27,28). The average Bonchev–Trinajstić information content (AvgIpc) is 3.57. The van der Waals surface area contributed by atoms with E-state index in [1.165, 1.54) is 12.3 Å². The van der Waals surface area contributed by atoms with Crippen LogP contribution in [0.5, 0.6) is 0 Å². The van der Waals surface area contributed by atoms with Crippen molar-refractivity contribution in [1.82, 2.24) is 14.9 Å². The summed E-state index contributed by atoms with van der Waals surface area (Å²) in [7, 11) is 3.52. The summed E-state index contributed by atoms with van der Waals surface area (Å²) in [5.41, 5.74) is 6.63. The molecule has 1 aliphatic heterocycles. The maximum atomic E-state index is 14.9. The summed E-state index contributed by atoms with van der Waals surface area (Å²) in [4.78, 5) is 35.8. The van der Waals surface area contributed by atoms with Gasteiger partial charge in [-0.2, -0.15) is 4.98 Å². The van der Waals surface area contributed by atoms with Crippen LogP contribution in [0.25, 0.3) is 0 Å². The summed E-state index contributed by atoms with van der Waals surface area (Å²) in [5.74, 6) is -0.228. The highest BCUT2D eigenvalue weighted by Crippen LogP contribution is 2.30. The lowest BCUT2D eigenvalue weighted by Gasteiger charge is -2.34. The molecule has 0 bridgehead atoms. The number of aromatic nitrogens is 2. The topological polar surface area (TPSA) is 116 Å². The van der Waals surface area contributed by atoms with Crippen LogP contribution < -0.4 is 21.3 Å². The van der Waals surface area contributed by atoms with Crippen LogP contribution in [-0.2, 0) is 4.79 Å². The summed E-state index contributed by atoms with van der Waals surface area (Å²) in [6.07, 6.45) is 4.79. The molecule has 0 radical (unpaired) electrons. The molecule has 2 fully saturated rings. The fourth-order valence-corrected chi connectivity index (χ4v) is 3.86. The van der Waals surface area contributed by atoms with Gasteiger partial charge in [-0.25, -0.2) is 9.37 Å². The number of amides is 2. The van der Waals surface area contributed by atoms with E-state index in [-0.39, 0.29) is 35.2 Å². The van der Waals surface area contributed by atoms with Crippen molar-refractivity contribution >= 4 is 35.0 Å². The normalized spacial score (nSPS) is 16.5. The monoisotopic (exact) mass is 441 g/mol. The van der Waals surface area contributed by atoms with Crippen molar-refractivity contribution < 1.29 is 14.0 Å². The summed E-state index contributed by atoms with van der Waals surface area (Å²) >= 11 is 0. The van der Waals surface area contributed by atoms with Gasteiger partial charge in [-0.3, -0.25) is 9.59 Å². The first-order chi connectivity index (χ1) is 15.3. The van der Waals surface area contributed by atoms with Crippen LogP contribution in [0.3, 0.4) is 0 Å². The highest BCUT2D eigenvalue weighted by atomic mass is 19.1. The third kappa shape index (κ3) is 4.90. The summed E-state index contributed by atoms with van der Waals surface area (Å²) in [6, 6.07) is 5.15. The minimum Gasteiger partial charge on any atom is -0.369 e. The van der Waals surface area contributed by atoms with E-state index in [1.807, 2.05) is 4.90 Å². The lowest BCUT2D eigenvalue weighted by molar-refractivity contribution is -0.133. The molecule has 170 valence electrons. The Kier molecular flexibility index (Phi) is 6.11. The lowest BCUT2D eigenvalue weighted by atomic mass is 9.95. The number of benzene rings is 1. The first-order valence-corrected chi connectivity index (χ1v) is 10.8. The van der Waals surface area contributed by atoms with Crippen LogP contribution in [0.1, 0.15) is 36.0 Å². The number of rotatable bonds is 7. The Hall–Kier alpha value is -3.43. The Balaban J connectivity index is 1.44. The molecule has 0 unspecified atom stereocenters. The van der Waals surface area contributed by atoms with E-state index in [4.69, 9.17) is 5.73 Å². The summed E-state index contributed by atoms with van der Waals surface area (Å²) in [5, 5.41) is 6.16. The molecule has 1 aromatic carbocycles. The molecule has 0 spiro atoms. The molecule has 1 aromatic heterocycles. The first-order valence-electron chi connectivity index (χ1n) is 10.8. The molecule has 2 amide bonds. The largest absolute Gasteiger partial charge is 0.369 e. The van der Waals surface area contributed by atoms with Crippen LogP contribution in [0.2, 0.25) is 0 Å². The Labute approximate surface area is 186 Å². The number of nitrogens with one attached hydrogen (secondary N) is 2. The van der Waals surface area contributed by atoms with Crippen molar-refractivity contribution in [1.29, 1.82) is 0 Å². The number of hydrogen-bond donors (Lipinski definition) is 3. The predicted octanol–water partition coefficient (Wildman–Crippen LogP) is 2.34.